The Kier molecular flexibility index (Phi) is 62.4. The number of hydrogen-bond acceptors (Lipinski definition) is 5. The van der Waals surface area contributed by atoms with Gasteiger partial charge in [0.15, 0.2) is 0 Å². The Labute approximate surface area is 462 Å². The van der Waals surface area contributed by atoms with Crippen LogP contribution in [0.4, 0.5) is 0 Å². The van der Waals surface area contributed by atoms with Crippen LogP contribution < -0.4 is 5.32 Å². The summed E-state index contributed by atoms with van der Waals surface area (Å²) in [6, 6.07) is -0.536. The molecule has 0 radical (unpaired) electrons. The Hall–Kier alpha value is -1.66. The van der Waals surface area contributed by atoms with E-state index in [-0.39, 0.29) is 18.5 Å². The average Bonchev–Trinajstić information content (AvgIpc) is 3.40. The normalized spacial score (nSPS) is 12.6. The first-order valence-electron chi connectivity index (χ1n) is 33.6. The number of nitrogens with one attached hydrogen (secondary N) is 1. The van der Waals surface area contributed by atoms with Crippen LogP contribution >= 0.6 is 0 Å². The van der Waals surface area contributed by atoms with Crippen LogP contribution in [0, 0.1) is 0 Å². The van der Waals surface area contributed by atoms with Gasteiger partial charge in [0, 0.05) is 12.8 Å². The van der Waals surface area contributed by atoms with E-state index in [1.165, 1.54) is 289 Å². The molecule has 0 aromatic heterocycles. The van der Waals surface area contributed by atoms with E-state index >= 15 is 0 Å². The van der Waals surface area contributed by atoms with E-state index in [9.17, 15) is 19.8 Å². The Balaban J connectivity index is 3.30. The van der Waals surface area contributed by atoms with Crippen molar-refractivity contribution in [2.24, 2.45) is 0 Å². The average molecular weight is 1040 g/mol. The quantitative estimate of drug-likeness (QED) is 0.0320. The molecular weight excluding hydrogens is 911 g/mol. The van der Waals surface area contributed by atoms with Gasteiger partial charge in [-0.15, -0.1) is 0 Å². The lowest BCUT2D eigenvalue weighted by Gasteiger charge is -2.22. The first-order chi connectivity index (χ1) is 36.5. The van der Waals surface area contributed by atoms with Gasteiger partial charge in [0.2, 0.25) is 5.91 Å². The number of rotatable bonds is 63. The number of allylic oxidation sites excluding steroid dienone is 4. The van der Waals surface area contributed by atoms with Crippen molar-refractivity contribution in [3.8, 4) is 0 Å². The third kappa shape index (κ3) is 59.6. The van der Waals surface area contributed by atoms with Crippen molar-refractivity contribution in [3.05, 3.63) is 24.3 Å². The van der Waals surface area contributed by atoms with Crippen LogP contribution in [-0.2, 0) is 14.3 Å². The first-order valence-corrected chi connectivity index (χ1v) is 33.6. The topological polar surface area (TPSA) is 95.9 Å². The van der Waals surface area contributed by atoms with Crippen molar-refractivity contribution in [2.75, 3.05) is 13.2 Å². The van der Waals surface area contributed by atoms with Gasteiger partial charge >= 0.3 is 5.97 Å². The van der Waals surface area contributed by atoms with Gasteiger partial charge < -0.3 is 20.3 Å². The smallest absolute Gasteiger partial charge is 0.305 e. The molecule has 6 heteroatoms. The summed E-state index contributed by atoms with van der Waals surface area (Å²) in [5, 5.41) is 23.2. The van der Waals surface area contributed by atoms with Gasteiger partial charge in [-0.1, -0.05) is 334 Å². The number of carbonyl (C=O) groups excluding carboxylic acids is 2. The summed E-state index contributed by atoms with van der Waals surface area (Å²) in [4.78, 5) is 24.5. The van der Waals surface area contributed by atoms with Gasteiger partial charge in [0.25, 0.3) is 0 Å². The molecule has 0 aromatic rings. The lowest BCUT2D eigenvalue weighted by Crippen LogP contribution is -2.45. The van der Waals surface area contributed by atoms with Crippen molar-refractivity contribution in [3.63, 3.8) is 0 Å². The van der Waals surface area contributed by atoms with E-state index in [2.05, 4.69) is 43.5 Å². The first kappa shape index (κ1) is 72.3. The highest BCUT2D eigenvalue weighted by Crippen LogP contribution is 2.19. The Morgan fingerprint density at radius 2 is 0.689 bits per heavy atom. The van der Waals surface area contributed by atoms with Gasteiger partial charge in [-0.2, -0.15) is 0 Å². The summed E-state index contributed by atoms with van der Waals surface area (Å²) in [5.74, 6) is -0.0230. The molecule has 0 aliphatic carbocycles. The second-order valence-corrected chi connectivity index (χ2v) is 23.2. The second-order valence-electron chi connectivity index (χ2n) is 23.2. The molecule has 0 aliphatic heterocycles. The van der Waals surface area contributed by atoms with Crippen molar-refractivity contribution < 1.29 is 24.5 Å². The van der Waals surface area contributed by atoms with Crippen molar-refractivity contribution in [2.45, 2.75) is 386 Å². The van der Waals surface area contributed by atoms with Gasteiger partial charge in [0.1, 0.15) is 0 Å². The highest BCUT2D eigenvalue weighted by Gasteiger charge is 2.20. The number of amides is 1. The largest absolute Gasteiger partial charge is 0.466 e. The zero-order valence-corrected chi connectivity index (χ0v) is 50.1. The minimum absolute atomic E-state index is 0.00682. The maximum Gasteiger partial charge on any atom is 0.305 e. The molecule has 0 saturated heterocycles. The van der Waals surface area contributed by atoms with E-state index in [1.807, 2.05) is 0 Å². The number of ether oxygens (including phenoxy) is 1. The molecule has 0 saturated carbocycles. The zero-order valence-electron chi connectivity index (χ0n) is 50.1. The highest BCUT2D eigenvalue weighted by molar-refractivity contribution is 5.76. The van der Waals surface area contributed by atoms with Gasteiger partial charge in [-0.05, 0) is 51.4 Å². The lowest BCUT2D eigenvalue weighted by atomic mass is 10.0. The number of unbranched alkanes of at least 4 members (excludes halogenated alkanes) is 48. The van der Waals surface area contributed by atoms with Crippen LogP contribution in [0.1, 0.15) is 373 Å². The van der Waals surface area contributed by atoms with Crippen molar-refractivity contribution in [1.82, 2.24) is 5.32 Å². The molecule has 0 aromatic carbocycles. The molecular formula is C68H131NO5. The molecule has 2 unspecified atom stereocenters. The molecule has 0 spiro atoms. The van der Waals surface area contributed by atoms with Crippen LogP contribution in [0.15, 0.2) is 24.3 Å². The second kappa shape index (κ2) is 63.9. The van der Waals surface area contributed by atoms with E-state index in [0.29, 0.717) is 25.9 Å². The Morgan fingerprint density at radius 1 is 0.378 bits per heavy atom. The minimum atomic E-state index is -0.659. The molecule has 438 valence electrons. The Bertz CT molecular complexity index is 1150. The van der Waals surface area contributed by atoms with Gasteiger partial charge in [0.05, 0.1) is 25.4 Å². The minimum Gasteiger partial charge on any atom is -0.466 e. The molecule has 1 amide bonds. The fourth-order valence-corrected chi connectivity index (χ4v) is 10.6. The van der Waals surface area contributed by atoms with Crippen LogP contribution in [-0.4, -0.2) is 47.4 Å². The molecule has 74 heavy (non-hydrogen) atoms. The van der Waals surface area contributed by atoms with Crippen LogP contribution in [0.3, 0.4) is 0 Å². The van der Waals surface area contributed by atoms with E-state index in [4.69, 9.17) is 4.74 Å². The third-order valence-electron chi connectivity index (χ3n) is 15.8. The van der Waals surface area contributed by atoms with E-state index < -0.39 is 12.1 Å². The maximum absolute atomic E-state index is 12.5. The standard InChI is InChI=1S/C68H131NO5/c1-3-5-7-9-11-13-15-16-38-42-46-50-54-58-62-68(73)74-63-59-55-51-47-43-39-36-34-32-30-28-26-24-22-20-18-17-19-21-23-25-27-29-31-33-35-37-41-45-49-53-57-61-67(72)69-65(64-70)66(71)60-56-52-48-44-40-14-12-10-8-6-4-2/h9,11,15-16,65-66,70-71H,3-8,10,12-14,17-64H2,1-2H3,(H,69,72)/b11-9-,16-15-. The highest BCUT2D eigenvalue weighted by atomic mass is 16.5. The summed E-state index contributed by atoms with van der Waals surface area (Å²) >= 11 is 0. The molecule has 0 aliphatic rings. The molecule has 0 fully saturated rings. The molecule has 6 nitrogen and oxygen atoms in total. The molecule has 0 heterocycles. The zero-order chi connectivity index (χ0) is 53.6. The molecule has 0 bridgehead atoms. The van der Waals surface area contributed by atoms with Crippen LogP contribution in [0.2, 0.25) is 0 Å². The van der Waals surface area contributed by atoms with Gasteiger partial charge in [-0.25, -0.2) is 0 Å². The third-order valence-corrected chi connectivity index (χ3v) is 15.8. The maximum atomic E-state index is 12.5. The number of esters is 1. The van der Waals surface area contributed by atoms with Gasteiger partial charge in [-0.3, -0.25) is 9.59 Å². The molecule has 3 N–H and O–H groups in total. The summed E-state index contributed by atoms with van der Waals surface area (Å²) < 4.78 is 5.48. The fraction of sp³-hybridized carbons (Fsp3) is 0.912. The summed E-state index contributed by atoms with van der Waals surface area (Å²) in [6.07, 6.45) is 79.4. The van der Waals surface area contributed by atoms with Crippen LogP contribution in [0.5, 0.6) is 0 Å². The SMILES string of the molecule is CCCC/C=C\C/C=C\CCCCCCCC(=O)OCCCCCCCCCCCCCCCCCCCCCCCCCCCCCCCCCCC(=O)NC(CO)C(O)CCCCCCCCCCCCC. The van der Waals surface area contributed by atoms with Crippen molar-refractivity contribution >= 4 is 11.9 Å². The Morgan fingerprint density at radius 3 is 1.07 bits per heavy atom. The monoisotopic (exact) mass is 1040 g/mol. The summed E-state index contributed by atoms with van der Waals surface area (Å²) in [6.45, 7) is 4.92. The molecule has 0 rings (SSSR count). The summed E-state index contributed by atoms with van der Waals surface area (Å²) in [7, 11) is 0. The molecule has 2 atom stereocenters. The van der Waals surface area contributed by atoms with Crippen molar-refractivity contribution in [1.29, 1.82) is 0 Å². The lowest BCUT2D eigenvalue weighted by molar-refractivity contribution is -0.143. The fourth-order valence-electron chi connectivity index (χ4n) is 10.6. The van der Waals surface area contributed by atoms with E-state index in [0.717, 1.165) is 51.4 Å². The number of hydrogen-bond donors (Lipinski definition) is 3. The number of carbonyl (C=O) groups is 2. The summed E-state index contributed by atoms with van der Waals surface area (Å²) in [5.41, 5.74) is 0. The predicted molar refractivity (Wildman–Crippen MR) is 324 cm³/mol. The number of aliphatic hydroxyl groups is 2. The van der Waals surface area contributed by atoms with Crippen LogP contribution in [0.25, 0.3) is 0 Å². The number of aliphatic hydroxyl groups excluding tert-OH is 2. The van der Waals surface area contributed by atoms with E-state index in [1.54, 1.807) is 0 Å². The predicted octanol–water partition coefficient (Wildman–Crippen LogP) is 21.4.